The maximum atomic E-state index is 12.6. The van der Waals surface area contributed by atoms with Crippen molar-refractivity contribution in [1.82, 2.24) is 5.32 Å². The SMILES string of the molecule is COC(=O)C1=CC(N=[N+]=[N-])[C@@H](CC(C)=O)[C@H]([C@H](OC(=O)NCCC(=O)OC(C)(C)C)[C@H]2COC(=O)O2)O1. The molecule has 5 atom stereocenters. The van der Waals surface area contributed by atoms with Gasteiger partial charge in [-0.05, 0) is 39.3 Å². The van der Waals surface area contributed by atoms with E-state index in [4.69, 9.17) is 29.2 Å². The first kappa shape index (κ1) is 29.2. The van der Waals surface area contributed by atoms with Crippen LogP contribution in [0.1, 0.15) is 40.5 Å². The lowest BCUT2D eigenvalue weighted by Gasteiger charge is -2.39. The van der Waals surface area contributed by atoms with Gasteiger partial charge in [0.05, 0.1) is 19.6 Å². The third kappa shape index (κ3) is 8.86. The predicted octanol–water partition coefficient (Wildman–Crippen LogP) is 2.08. The van der Waals surface area contributed by atoms with E-state index in [0.717, 1.165) is 7.11 Å². The number of esters is 2. The van der Waals surface area contributed by atoms with Crippen LogP contribution in [-0.2, 0) is 42.8 Å². The zero-order chi connectivity index (χ0) is 27.8. The van der Waals surface area contributed by atoms with Crippen LogP contribution >= 0.6 is 0 Å². The fourth-order valence-corrected chi connectivity index (χ4v) is 3.70. The lowest BCUT2D eigenvalue weighted by Crippen LogP contribution is -2.53. The number of ether oxygens (including phenoxy) is 6. The number of rotatable bonds is 10. The number of azide groups is 1. The van der Waals surface area contributed by atoms with Gasteiger partial charge in [0.1, 0.15) is 24.1 Å². The molecule has 0 aliphatic carbocycles. The zero-order valence-electron chi connectivity index (χ0n) is 21.1. The van der Waals surface area contributed by atoms with Gasteiger partial charge in [-0.1, -0.05) is 5.11 Å². The molecular weight excluding hydrogens is 496 g/mol. The second kappa shape index (κ2) is 12.8. The first-order valence-corrected chi connectivity index (χ1v) is 11.3. The van der Waals surface area contributed by atoms with Crippen molar-refractivity contribution in [3.8, 4) is 0 Å². The fourth-order valence-electron chi connectivity index (χ4n) is 3.70. The molecule has 15 heteroatoms. The summed E-state index contributed by atoms with van der Waals surface area (Å²) in [6.07, 6.45) is -5.09. The molecule has 0 radical (unpaired) electrons. The Labute approximate surface area is 212 Å². The van der Waals surface area contributed by atoms with Crippen LogP contribution in [0.25, 0.3) is 10.4 Å². The van der Waals surface area contributed by atoms with Crippen LogP contribution < -0.4 is 5.32 Å². The molecule has 0 aromatic rings. The van der Waals surface area contributed by atoms with Gasteiger partial charge in [0, 0.05) is 23.8 Å². The number of hydrogen-bond acceptors (Lipinski definition) is 12. The van der Waals surface area contributed by atoms with E-state index in [2.05, 4.69) is 20.1 Å². The summed E-state index contributed by atoms with van der Waals surface area (Å²) in [6, 6.07) is -1.07. The smallest absolute Gasteiger partial charge is 0.479 e. The summed E-state index contributed by atoms with van der Waals surface area (Å²) >= 11 is 0. The van der Waals surface area contributed by atoms with Gasteiger partial charge in [-0.15, -0.1) is 0 Å². The van der Waals surface area contributed by atoms with Crippen molar-refractivity contribution in [2.24, 2.45) is 11.0 Å². The molecule has 2 rings (SSSR count). The van der Waals surface area contributed by atoms with Crippen molar-refractivity contribution in [2.45, 2.75) is 70.5 Å². The molecule has 1 N–H and O–H groups in total. The molecule has 15 nitrogen and oxygen atoms in total. The standard InChI is InChI=1S/C22H30N4O11/c1-11(27)8-12-13(25-26-23)9-14(19(29)32-5)34-17(12)18(15-10-33-21(31)35-15)36-20(30)24-7-6-16(28)37-22(2,3)4/h9,12-13,15,17-18H,6-8,10H2,1-5H3,(H,24,30)/t12-,13?,15-,17-,18-/m1/s1. The number of Topliss-reactive ketones (excluding diaryl/α,β-unsaturated/α-hetero) is 1. The number of carbonyl (C=O) groups is 5. The van der Waals surface area contributed by atoms with E-state index >= 15 is 0 Å². The number of alkyl carbamates (subject to hydrolysis) is 1. The molecule has 37 heavy (non-hydrogen) atoms. The van der Waals surface area contributed by atoms with E-state index in [1.807, 2.05) is 0 Å². The minimum Gasteiger partial charge on any atom is -0.479 e. The minimum absolute atomic E-state index is 0.140. The average molecular weight is 526 g/mol. The van der Waals surface area contributed by atoms with Crippen molar-refractivity contribution in [3.05, 3.63) is 22.3 Å². The van der Waals surface area contributed by atoms with E-state index in [-0.39, 0.29) is 37.5 Å². The van der Waals surface area contributed by atoms with Crippen LogP contribution in [-0.4, -0.2) is 80.2 Å². The first-order chi connectivity index (χ1) is 17.3. The number of amides is 1. The molecule has 0 saturated carbocycles. The summed E-state index contributed by atoms with van der Waals surface area (Å²) in [4.78, 5) is 63.2. The van der Waals surface area contributed by atoms with Crippen LogP contribution in [0.4, 0.5) is 9.59 Å². The van der Waals surface area contributed by atoms with E-state index in [1.165, 1.54) is 13.0 Å². The number of nitrogens with one attached hydrogen (secondary N) is 1. The minimum atomic E-state index is -1.41. The zero-order valence-corrected chi connectivity index (χ0v) is 21.1. The van der Waals surface area contributed by atoms with Gasteiger partial charge in [0.25, 0.3) is 0 Å². The second-order valence-electron chi connectivity index (χ2n) is 9.22. The van der Waals surface area contributed by atoms with E-state index < -0.39 is 60.1 Å². The Bertz CT molecular complexity index is 984. The fraction of sp³-hybridized carbons (Fsp3) is 0.682. The summed E-state index contributed by atoms with van der Waals surface area (Å²) in [5.74, 6) is -3.05. The molecule has 1 saturated heterocycles. The van der Waals surface area contributed by atoms with Crippen molar-refractivity contribution >= 4 is 30.0 Å². The van der Waals surface area contributed by atoms with Gasteiger partial charge < -0.3 is 38.5 Å². The summed E-state index contributed by atoms with van der Waals surface area (Å²) < 4.78 is 31.0. The van der Waals surface area contributed by atoms with Crippen molar-refractivity contribution < 1.29 is 52.4 Å². The molecule has 2 aliphatic heterocycles. The summed E-state index contributed by atoms with van der Waals surface area (Å²) in [5, 5.41) is 6.04. The van der Waals surface area contributed by atoms with Crippen molar-refractivity contribution in [1.29, 1.82) is 0 Å². The van der Waals surface area contributed by atoms with Crippen LogP contribution in [0.5, 0.6) is 0 Å². The Balaban J connectivity index is 2.29. The highest BCUT2D eigenvalue weighted by Gasteiger charge is 2.49. The molecule has 0 spiro atoms. The molecule has 204 valence electrons. The Hall–Kier alpha value is -4.00. The van der Waals surface area contributed by atoms with Crippen LogP contribution in [0, 0.1) is 5.92 Å². The van der Waals surface area contributed by atoms with Crippen LogP contribution in [0.15, 0.2) is 16.9 Å². The Morgan fingerprint density at radius 2 is 1.97 bits per heavy atom. The Morgan fingerprint density at radius 1 is 1.27 bits per heavy atom. The Kier molecular flexibility index (Phi) is 10.1. The van der Waals surface area contributed by atoms with Gasteiger partial charge in [0.2, 0.25) is 5.76 Å². The topological polar surface area (TPSA) is 202 Å². The monoisotopic (exact) mass is 526 g/mol. The molecule has 1 unspecified atom stereocenters. The third-order valence-corrected chi connectivity index (χ3v) is 5.11. The van der Waals surface area contributed by atoms with E-state index in [9.17, 15) is 24.0 Å². The molecular formula is C22H30N4O11. The molecule has 1 fully saturated rings. The van der Waals surface area contributed by atoms with Gasteiger partial charge >= 0.3 is 24.2 Å². The number of carbonyl (C=O) groups excluding carboxylic acids is 5. The lowest BCUT2D eigenvalue weighted by atomic mass is 9.83. The third-order valence-electron chi connectivity index (χ3n) is 5.11. The molecule has 0 aromatic carbocycles. The normalized spacial score (nSPS) is 23.6. The largest absolute Gasteiger partial charge is 0.508 e. The number of hydrogen-bond donors (Lipinski definition) is 1. The number of nitrogens with zero attached hydrogens (tertiary/aromatic N) is 3. The predicted molar refractivity (Wildman–Crippen MR) is 122 cm³/mol. The van der Waals surface area contributed by atoms with Gasteiger partial charge in [-0.2, -0.15) is 0 Å². The van der Waals surface area contributed by atoms with E-state index in [0.29, 0.717) is 0 Å². The Morgan fingerprint density at radius 3 is 2.51 bits per heavy atom. The first-order valence-electron chi connectivity index (χ1n) is 11.3. The van der Waals surface area contributed by atoms with Gasteiger partial charge in [-0.25, -0.2) is 14.4 Å². The maximum absolute atomic E-state index is 12.6. The second-order valence-corrected chi connectivity index (χ2v) is 9.22. The maximum Gasteiger partial charge on any atom is 0.508 e. The van der Waals surface area contributed by atoms with E-state index in [1.54, 1.807) is 20.8 Å². The van der Waals surface area contributed by atoms with Crippen LogP contribution in [0.3, 0.4) is 0 Å². The molecule has 1 amide bonds. The van der Waals surface area contributed by atoms with Gasteiger partial charge in [-0.3, -0.25) is 4.79 Å². The molecule has 2 aliphatic rings. The van der Waals surface area contributed by atoms with Crippen LogP contribution in [0.2, 0.25) is 0 Å². The van der Waals surface area contributed by atoms with Crippen molar-refractivity contribution in [3.63, 3.8) is 0 Å². The highest BCUT2D eigenvalue weighted by atomic mass is 16.8. The summed E-state index contributed by atoms with van der Waals surface area (Å²) in [7, 11) is 1.10. The molecule has 0 aromatic heterocycles. The summed E-state index contributed by atoms with van der Waals surface area (Å²) in [6.45, 7) is 5.92. The molecule has 2 heterocycles. The summed E-state index contributed by atoms with van der Waals surface area (Å²) in [5.41, 5.74) is 8.34. The van der Waals surface area contributed by atoms with Gasteiger partial charge in [0.15, 0.2) is 12.2 Å². The molecule has 0 bridgehead atoms. The van der Waals surface area contributed by atoms with Crippen molar-refractivity contribution in [2.75, 3.05) is 20.3 Å². The highest BCUT2D eigenvalue weighted by molar-refractivity contribution is 5.86. The number of cyclic esters (lactones) is 2. The number of ketones is 1. The lowest BCUT2D eigenvalue weighted by molar-refractivity contribution is -0.154. The highest BCUT2D eigenvalue weighted by Crippen LogP contribution is 2.35. The quantitative estimate of drug-likeness (QED) is 0.143. The number of methoxy groups -OCH3 is 1. The average Bonchev–Trinajstić information content (AvgIpc) is 3.22.